The molecule has 0 spiro atoms. The quantitative estimate of drug-likeness (QED) is 0.639. The minimum atomic E-state index is -0.341. The average molecular weight is 374 g/mol. The molecule has 3 aliphatic carbocycles. The molecule has 1 aliphatic heterocycles. The van der Waals surface area contributed by atoms with Gasteiger partial charge in [0.2, 0.25) is 0 Å². The first kappa shape index (κ1) is 17.1. The Hall–Kier alpha value is -1.01. The van der Waals surface area contributed by atoms with E-state index in [2.05, 4.69) is 31.7 Å². The third-order valence-corrected chi connectivity index (χ3v) is 7.72. The molecule has 3 saturated carbocycles. The Balaban J connectivity index is 1.38. The summed E-state index contributed by atoms with van der Waals surface area (Å²) in [6.45, 7) is 6.98. The van der Waals surface area contributed by atoms with Gasteiger partial charge in [-0.2, -0.15) is 0 Å². The highest BCUT2D eigenvalue weighted by Gasteiger charge is 2.68. The normalized spacial score (nSPS) is 36.0. The molecule has 0 amide bonds. The summed E-state index contributed by atoms with van der Waals surface area (Å²) < 4.78 is 18.6. The highest BCUT2D eigenvalue weighted by atomic mass is 35.5. The summed E-state index contributed by atoms with van der Waals surface area (Å²) in [6, 6.07) is 8.07. The molecule has 1 N–H and O–H groups in total. The van der Waals surface area contributed by atoms with Gasteiger partial charge < -0.3 is 13.7 Å². The molecule has 2 bridgehead atoms. The van der Waals surface area contributed by atoms with Crippen molar-refractivity contribution < 1.29 is 13.7 Å². The van der Waals surface area contributed by atoms with Crippen LogP contribution in [0.2, 0.25) is 0 Å². The molecule has 138 valence electrons. The Kier molecular flexibility index (Phi) is 3.78. The molecule has 4 aliphatic rings. The average Bonchev–Trinajstić information content (AvgIpc) is 3.19. The predicted octanol–water partition coefficient (Wildman–Crippen LogP) is 4.35. The highest BCUT2D eigenvalue weighted by molar-refractivity contribution is 6.48. The van der Waals surface area contributed by atoms with Crippen molar-refractivity contribution in [1.29, 1.82) is 0 Å². The van der Waals surface area contributed by atoms with Crippen LogP contribution < -0.4 is 4.84 Å². The second-order valence-electron chi connectivity index (χ2n) is 9.01. The number of rotatable bonds is 4. The number of nitrogens with one attached hydrogen (secondary N) is 1. The zero-order chi connectivity index (χ0) is 18.1. The Morgan fingerprint density at radius 3 is 2.85 bits per heavy atom. The van der Waals surface area contributed by atoms with Gasteiger partial charge in [-0.3, -0.25) is 0 Å². The first-order valence-corrected chi connectivity index (χ1v) is 9.96. The Morgan fingerprint density at radius 1 is 1.27 bits per heavy atom. The largest absolute Gasteiger partial charge is 0.477 e. The van der Waals surface area contributed by atoms with Crippen molar-refractivity contribution in [1.82, 2.24) is 4.84 Å². The van der Waals surface area contributed by atoms with Crippen LogP contribution in [0.3, 0.4) is 0 Å². The Labute approximate surface area is 159 Å². The van der Waals surface area contributed by atoms with Crippen LogP contribution in [0.4, 0.5) is 0 Å². The molecule has 4 nitrogen and oxygen atoms in total. The van der Waals surface area contributed by atoms with Crippen LogP contribution in [0.25, 0.3) is 11.0 Å². The summed E-state index contributed by atoms with van der Waals surface area (Å²) >= 11 is 6.12. The molecule has 6 heteroatoms. The summed E-state index contributed by atoms with van der Waals surface area (Å²) in [4.78, 5) is 2.90. The van der Waals surface area contributed by atoms with Crippen LogP contribution in [0.1, 0.15) is 39.2 Å². The molecular formula is C20H25BClNO3. The third kappa shape index (κ3) is 2.27. The molecule has 26 heavy (non-hydrogen) atoms. The third-order valence-electron chi connectivity index (χ3n) is 7.44. The molecule has 1 aromatic heterocycles. The first-order chi connectivity index (χ1) is 12.4. The lowest BCUT2D eigenvalue weighted by atomic mass is 9.43. The SMILES string of the molecule is CC1(C)C2CC1[C@]1(C)OB(C(Cc3coc4ccccc34)NCl)O[C@@H]1C2. The van der Waals surface area contributed by atoms with Gasteiger partial charge in [0, 0.05) is 5.39 Å². The number of fused-ring (bicyclic) bond motifs is 1. The van der Waals surface area contributed by atoms with E-state index in [1.54, 1.807) is 0 Å². The molecule has 0 radical (unpaired) electrons. The maximum atomic E-state index is 6.55. The monoisotopic (exact) mass is 373 g/mol. The van der Waals surface area contributed by atoms with Crippen LogP contribution in [0.5, 0.6) is 0 Å². The Bertz CT molecular complexity index is 839. The number of para-hydroxylation sites is 1. The van der Waals surface area contributed by atoms with Gasteiger partial charge >= 0.3 is 7.12 Å². The molecular weight excluding hydrogens is 348 g/mol. The van der Waals surface area contributed by atoms with Crippen LogP contribution >= 0.6 is 11.8 Å². The first-order valence-electron chi connectivity index (χ1n) is 9.58. The number of hydrogen-bond acceptors (Lipinski definition) is 4. The van der Waals surface area contributed by atoms with Crippen molar-refractivity contribution in [3.8, 4) is 0 Å². The van der Waals surface area contributed by atoms with Gasteiger partial charge in [-0.05, 0) is 66.8 Å². The summed E-state index contributed by atoms with van der Waals surface area (Å²) in [5.74, 6) is 1.17. The van der Waals surface area contributed by atoms with E-state index in [4.69, 9.17) is 25.5 Å². The highest BCUT2D eigenvalue weighted by Crippen LogP contribution is 2.65. The molecule has 1 saturated heterocycles. The second-order valence-corrected chi connectivity index (χ2v) is 9.23. The second kappa shape index (κ2) is 5.74. The minimum absolute atomic E-state index is 0.125. The van der Waals surface area contributed by atoms with Gasteiger partial charge in [0.1, 0.15) is 5.58 Å². The zero-order valence-electron chi connectivity index (χ0n) is 15.5. The smallest absolute Gasteiger partial charge is 0.464 e. The van der Waals surface area contributed by atoms with E-state index in [1.807, 2.05) is 24.5 Å². The lowest BCUT2D eigenvalue weighted by Gasteiger charge is -2.64. The van der Waals surface area contributed by atoms with Crippen LogP contribution in [0.15, 0.2) is 34.9 Å². The van der Waals surface area contributed by atoms with Gasteiger partial charge in [-0.1, -0.05) is 32.0 Å². The van der Waals surface area contributed by atoms with Crippen molar-refractivity contribution in [2.45, 2.75) is 57.7 Å². The minimum Gasteiger partial charge on any atom is -0.464 e. The fourth-order valence-electron chi connectivity index (χ4n) is 5.69. The van der Waals surface area contributed by atoms with Gasteiger partial charge in [-0.25, -0.2) is 4.84 Å². The topological polar surface area (TPSA) is 43.6 Å². The van der Waals surface area contributed by atoms with Gasteiger partial charge in [-0.15, -0.1) is 0 Å². The zero-order valence-corrected chi connectivity index (χ0v) is 16.3. The molecule has 5 atom stereocenters. The maximum Gasteiger partial charge on any atom is 0.477 e. The summed E-state index contributed by atoms with van der Waals surface area (Å²) in [7, 11) is -0.341. The van der Waals surface area contributed by atoms with E-state index in [9.17, 15) is 0 Å². The number of furan rings is 1. The molecule has 3 unspecified atom stereocenters. The van der Waals surface area contributed by atoms with Crippen molar-refractivity contribution >= 4 is 29.9 Å². The van der Waals surface area contributed by atoms with E-state index in [0.717, 1.165) is 28.9 Å². The van der Waals surface area contributed by atoms with E-state index >= 15 is 0 Å². The van der Waals surface area contributed by atoms with E-state index in [0.29, 0.717) is 17.8 Å². The summed E-state index contributed by atoms with van der Waals surface area (Å²) in [5.41, 5.74) is 2.14. The number of benzene rings is 1. The van der Waals surface area contributed by atoms with Crippen LogP contribution in [-0.2, 0) is 15.7 Å². The van der Waals surface area contributed by atoms with Crippen LogP contribution in [0, 0.1) is 17.3 Å². The lowest BCUT2D eigenvalue weighted by molar-refractivity contribution is -0.199. The fraction of sp³-hybridized carbons (Fsp3) is 0.600. The van der Waals surface area contributed by atoms with Crippen molar-refractivity contribution in [2.75, 3.05) is 0 Å². The lowest BCUT2D eigenvalue weighted by Crippen LogP contribution is -2.65. The number of halogens is 1. The van der Waals surface area contributed by atoms with Gasteiger partial charge in [0.25, 0.3) is 0 Å². The maximum absolute atomic E-state index is 6.55. The van der Waals surface area contributed by atoms with Gasteiger partial charge in [0.15, 0.2) is 0 Å². The molecule has 2 aromatic rings. The standard InChI is InChI=1S/C20H25BClNO3/c1-19(2)13-9-16(19)20(3)17(10-13)25-21(26-20)18(23-22)8-12-11-24-15-7-5-4-6-14(12)15/h4-7,11,13,16-18,23H,8-10H2,1-3H3/t13?,16?,17-,18?,20+/m1/s1. The van der Waals surface area contributed by atoms with Crippen molar-refractivity contribution in [3.63, 3.8) is 0 Å². The number of hydrogen-bond donors (Lipinski definition) is 1. The molecule has 4 fully saturated rings. The summed E-state index contributed by atoms with van der Waals surface area (Å²) in [6.07, 6.45) is 5.01. The van der Waals surface area contributed by atoms with E-state index in [-0.39, 0.29) is 24.8 Å². The Morgan fingerprint density at radius 2 is 2.08 bits per heavy atom. The van der Waals surface area contributed by atoms with Crippen molar-refractivity contribution in [2.24, 2.45) is 17.3 Å². The van der Waals surface area contributed by atoms with E-state index in [1.165, 1.54) is 6.42 Å². The van der Waals surface area contributed by atoms with Gasteiger partial charge in [0.05, 0.1) is 23.9 Å². The fourth-order valence-corrected chi connectivity index (χ4v) is 5.87. The molecule has 6 rings (SSSR count). The predicted molar refractivity (Wildman–Crippen MR) is 103 cm³/mol. The summed E-state index contributed by atoms with van der Waals surface area (Å²) in [5, 5.41) is 1.12. The molecule has 1 aromatic carbocycles. The van der Waals surface area contributed by atoms with E-state index < -0.39 is 0 Å². The molecule has 2 heterocycles. The van der Waals surface area contributed by atoms with Crippen LogP contribution in [-0.4, -0.2) is 24.8 Å². The van der Waals surface area contributed by atoms with Crippen molar-refractivity contribution in [3.05, 3.63) is 36.1 Å².